The molecule has 0 N–H and O–H groups in total. The summed E-state index contributed by atoms with van der Waals surface area (Å²) in [5.41, 5.74) is -0.0399. The predicted molar refractivity (Wildman–Crippen MR) is 64.5 cm³/mol. The summed E-state index contributed by atoms with van der Waals surface area (Å²) in [6.07, 6.45) is 6.57. The highest BCUT2D eigenvalue weighted by atomic mass is 35.5. The number of aromatic nitrogens is 1. The van der Waals surface area contributed by atoms with E-state index >= 15 is 0 Å². The van der Waals surface area contributed by atoms with Crippen molar-refractivity contribution in [3.63, 3.8) is 0 Å². The van der Waals surface area contributed by atoms with Gasteiger partial charge in [-0.1, -0.05) is 18.0 Å². The fraction of sp³-hybridized carbons (Fsp3) is 0.462. The SMILES string of the molecule is N#CC1(Cc2ccncc2Cl)CCCCC1=O. The van der Waals surface area contributed by atoms with Crippen LogP contribution in [0, 0.1) is 16.7 Å². The Hall–Kier alpha value is -1.40. The minimum absolute atomic E-state index is 0.0547. The van der Waals surface area contributed by atoms with Gasteiger partial charge in [-0.05, 0) is 30.9 Å². The van der Waals surface area contributed by atoms with Gasteiger partial charge >= 0.3 is 0 Å². The first kappa shape index (κ1) is 12.1. The zero-order valence-electron chi connectivity index (χ0n) is 9.45. The maximum absolute atomic E-state index is 12.0. The number of rotatable bonds is 2. The predicted octanol–water partition coefficient (Wildman–Crippen LogP) is 2.93. The van der Waals surface area contributed by atoms with Gasteiger partial charge in [0.25, 0.3) is 0 Å². The van der Waals surface area contributed by atoms with Gasteiger partial charge in [0.1, 0.15) is 5.41 Å². The van der Waals surface area contributed by atoms with Crippen molar-refractivity contribution >= 4 is 17.4 Å². The van der Waals surface area contributed by atoms with Gasteiger partial charge < -0.3 is 0 Å². The Labute approximate surface area is 105 Å². The topological polar surface area (TPSA) is 53.8 Å². The highest BCUT2D eigenvalue weighted by Gasteiger charge is 2.40. The second-order valence-corrected chi connectivity index (χ2v) is 4.88. The van der Waals surface area contributed by atoms with Crippen molar-refractivity contribution in [3.05, 3.63) is 29.0 Å². The van der Waals surface area contributed by atoms with Crippen molar-refractivity contribution < 1.29 is 4.79 Å². The Balaban J connectivity index is 2.29. The monoisotopic (exact) mass is 248 g/mol. The van der Waals surface area contributed by atoms with Crippen molar-refractivity contribution in [1.82, 2.24) is 4.98 Å². The normalized spacial score (nSPS) is 24.4. The van der Waals surface area contributed by atoms with Crippen LogP contribution < -0.4 is 0 Å². The number of pyridine rings is 1. The Bertz CT molecular complexity index is 481. The Kier molecular flexibility index (Phi) is 3.44. The van der Waals surface area contributed by atoms with E-state index in [0.717, 1.165) is 18.4 Å². The molecule has 1 atom stereocenters. The molecule has 1 aliphatic carbocycles. The lowest BCUT2D eigenvalue weighted by Gasteiger charge is -2.29. The number of carbonyl (C=O) groups excluding carboxylic acids is 1. The zero-order valence-corrected chi connectivity index (χ0v) is 10.2. The number of hydrogen-bond donors (Lipinski definition) is 0. The molecule has 0 aliphatic heterocycles. The fourth-order valence-corrected chi connectivity index (χ4v) is 2.49. The molecule has 0 amide bonds. The lowest BCUT2D eigenvalue weighted by atomic mass is 9.70. The van der Waals surface area contributed by atoms with Crippen LogP contribution in [-0.2, 0) is 11.2 Å². The van der Waals surface area contributed by atoms with Gasteiger partial charge in [0.05, 0.1) is 11.1 Å². The molecule has 1 aliphatic rings. The smallest absolute Gasteiger partial charge is 0.153 e. The summed E-state index contributed by atoms with van der Waals surface area (Å²) in [6, 6.07) is 4.00. The van der Waals surface area contributed by atoms with Gasteiger partial charge in [-0.3, -0.25) is 9.78 Å². The molecule has 1 aromatic rings. The summed E-state index contributed by atoms with van der Waals surface area (Å²) in [5.74, 6) is 0.0547. The second-order valence-electron chi connectivity index (χ2n) is 4.47. The lowest BCUT2D eigenvalue weighted by molar-refractivity contribution is -0.128. The minimum atomic E-state index is -0.872. The van der Waals surface area contributed by atoms with Gasteiger partial charge in [0.15, 0.2) is 5.78 Å². The van der Waals surface area contributed by atoms with Crippen LogP contribution in [0.3, 0.4) is 0 Å². The summed E-state index contributed by atoms with van der Waals surface area (Å²) in [7, 11) is 0. The third-order valence-corrected chi connectivity index (χ3v) is 3.69. The third kappa shape index (κ3) is 2.32. The summed E-state index contributed by atoms with van der Waals surface area (Å²) >= 11 is 6.03. The van der Waals surface area contributed by atoms with Crippen molar-refractivity contribution in [2.45, 2.75) is 32.1 Å². The Morgan fingerprint density at radius 2 is 2.35 bits per heavy atom. The molecule has 4 heteroatoms. The van der Waals surface area contributed by atoms with Crippen molar-refractivity contribution in [2.24, 2.45) is 5.41 Å². The van der Waals surface area contributed by atoms with Crippen LogP contribution in [0.2, 0.25) is 5.02 Å². The minimum Gasteiger partial charge on any atom is -0.298 e. The number of halogens is 1. The number of Topliss-reactive ketones (excluding diaryl/α,β-unsaturated/α-hetero) is 1. The van der Waals surface area contributed by atoms with Gasteiger partial charge in [0, 0.05) is 18.8 Å². The van der Waals surface area contributed by atoms with Crippen LogP contribution in [-0.4, -0.2) is 10.8 Å². The molecule has 0 aromatic carbocycles. The molecular weight excluding hydrogens is 236 g/mol. The molecule has 2 rings (SSSR count). The molecule has 1 unspecified atom stereocenters. The quantitative estimate of drug-likeness (QED) is 0.809. The summed E-state index contributed by atoms with van der Waals surface area (Å²) in [5, 5.41) is 9.86. The second kappa shape index (κ2) is 4.85. The molecule has 0 spiro atoms. The number of carbonyl (C=O) groups is 1. The summed E-state index contributed by atoms with van der Waals surface area (Å²) in [6.45, 7) is 0. The maximum atomic E-state index is 12.0. The molecule has 17 heavy (non-hydrogen) atoms. The molecule has 1 heterocycles. The van der Waals surface area contributed by atoms with Crippen LogP contribution in [0.25, 0.3) is 0 Å². The fourth-order valence-electron chi connectivity index (χ4n) is 2.31. The largest absolute Gasteiger partial charge is 0.298 e. The average molecular weight is 249 g/mol. The van der Waals surface area contributed by atoms with Crippen molar-refractivity contribution in [2.75, 3.05) is 0 Å². The average Bonchev–Trinajstić information content (AvgIpc) is 2.35. The van der Waals surface area contributed by atoms with Gasteiger partial charge in [-0.2, -0.15) is 5.26 Å². The number of nitriles is 1. The molecule has 0 saturated heterocycles. The van der Waals surface area contributed by atoms with Gasteiger partial charge in [-0.15, -0.1) is 0 Å². The van der Waals surface area contributed by atoms with Gasteiger partial charge in [0.2, 0.25) is 0 Å². The van der Waals surface area contributed by atoms with Crippen molar-refractivity contribution in [1.29, 1.82) is 5.26 Å². The molecule has 88 valence electrons. The summed E-state index contributed by atoms with van der Waals surface area (Å²) in [4.78, 5) is 15.9. The maximum Gasteiger partial charge on any atom is 0.153 e. The molecular formula is C13H13ClN2O. The standard InChI is InChI=1S/C13H13ClN2O/c14-11-8-16-6-4-10(11)7-13(9-15)5-2-1-3-12(13)17/h4,6,8H,1-3,5,7H2. The van der Waals surface area contributed by atoms with Crippen molar-refractivity contribution in [3.8, 4) is 6.07 Å². The highest BCUT2D eigenvalue weighted by Crippen LogP contribution is 2.37. The Morgan fingerprint density at radius 1 is 1.53 bits per heavy atom. The van der Waals surface area contributed by atoms with E-state index < -0.39 is 5.41 Å². The summed E-state index contributed by atoms with van der Waals surface area (Å²) < 4.78 is 0. The van der Waals surface area contributed by atoms with E-state index in [9.17, 15) is 10.1 Å². The van der Waals surface area contributed by atoms with Crippen LogP contribution in [0.15, 0.2) is 18.5 Å². The van der Waals surface area contributed by atoms with E-state index in [4.69, 9.17) is 11.6 Å². The van der Waals surface area contributed by atoms with Crippen LogP contribution in [0.1, 0.15) is 31.2 Å². The number of hydrogen-bond acceptors (Lipinski definition) is 3. The van der Waals surface area contributed by atoms with E-state index in [1.54, 1.807) is 18.5 Å². The zero-order chi connectivity index (χ0) is 12.3. The van der Waals surface area contributed by atoms with E-state index in [0.29, 0.717) is 24.3 Å². The number of ketones is 1. The van der Waals surface area contributed by atoms with E-state index in [-0.39, 0.29) is 5.78 Å². The molecule has 3 nitrogen and oxygen atoms in total. The molecule has 0 radical (unpaired) electrons. The highest BCUT2D eigenvalue weighted by molar-refractivity contribution is 6.31. The molecule has 0 bridgehead atoms. The number of nitrogens with zero attached hydrogens (tertiary/aromatic N) is 2. The lowest BCUT2D eigenvalue weighted by Crippen LogP contribution is -2.35. The van der Waals surface area contributed by atoms with E-state index in [1.807, 2.05) is 0 Å². The Morgan fingerprint density at radius 3 is 3.00 bits per heavy atom. The van der Waals surface area contributed by atoms with E-state index in [1.165, 1.54) is 0 Å². The van der Waals surface area contributed by atoms with Crippen LogP contribution in [0.5, 0.6) is 0 Å². The molecule has 1 aromatic heterocycles. The van der Waals surface area contributed by atoms with Crippen LogP contribution >= 0.6 is 11.6 Å². The first-order chi connectivity index (χ1) is 8.18. The first-order valence-electron chi connectivity index (χ1n) is 5.71. The molecule has 1 saturated carbocycles. The van der Waals surface area contributed by atoms with Crippen LogP contribution in [0.4, 0.5) is 0 Å². The molecule has 1 fully saturated rings. The third-order valence-electron chi connectivity index (χ3n) is 3.35. The first-order valence-corrected chi connectivity index (χ1v) is 6.09. The van der Waals surface area contributed by atoms with Gasteiger partial charge in [-0.25, -0.2) is 0 Å². The van der Waals surface area contributed by atoms with E-state index in [2.05, 4.69) is 11.1 Å².